The zero-order valence-corrected chi connectivity index (χ0v) is 16.5. The fraction of sp³-hybridized carbons (Fsp3) is 0.957. The first-order valence-corrected chi connectivity index (χ1v) is 11.1. The zero-order valence-electron chi connectivity index (χ0n) is 16.5. The quantitative estimate of drug-likeness (QED) is 0.398. The van der Waals surface area contributed by atoms with Crippen LogP contribution >= 0.6 is 0 Å². The molecule has 2 aliphatic rings. The number of unbranched alkanes of at least 4 members (excludes halogenated alkanes) is 4. The highest BCUT2D eigenvalue weighted by Crippen LogP contribution is 2.47. The zero-order chi connectivity index (χ0) is 17.3. The third kappa shape index (κ3) is 5.79. The van der Waals surface area contributed by atoms with Gasteiger partial charge in [-0.25, -0.2) is 0 Å². The van der Waals surface area contributed by atoms with Gasteiger partial charge in [0.25, 0.3) is 0 Å². The maximum atomic E-state index is 9.76. The van der Waals surface area contributed by atoms with Crippen LogP contribution in [0.1, 0.15) is 117 Å². The highest BCUT2D eigenvalue weighted by Gasteiger charge is 2.38. The average Bonchev–Trinajstić information content (AvgIpc) is 2.64. The molecule has 0 unspecified atom stereocenters. The van der Waals surface area contributed by atoms with Crippen LogP contribution in [-0.2, 0) is 0 Å². The van der Waals surface area contributed by atoms with Crippen LogP contribution in [0.2, 0.25) is 0 Å². The molecule has 0 atom stereocenters. The molecule has 2 saturated carbocycles. The second kappa shape index (κ2) is 10.5. The van der Waals surface area contributed by atoms with Crippen molar-refractivity contribution < 1.29 is 0 Å². The molecule has 1 heteroatoms. The summed E-state index contributed by atoms with van der Waals surface area (Å²) in [7, 11) is 0. The lowest BCUT2D eigenvalue weighted by atomic mass is 9.63. The van der Waals surface area contributed by atoms with Gasteiger partial charge in [0, 0.05) is 0 Å². The Bertz CT molecular complexity index is 364. The predicted molar refractivity (Wildman–Crippen MR) is 104 cm³/mol. The molecule has 0 radical (unpaired) electrons. The van der Waals surface area contributed by atoms with E-state index in [2.05, 4.69) is 19.9 Å². The third-order valence-corrected chi connectivity index (χ3v) is 7.26. The second-order valence-electron chi connectivity index (χ2n) is 8.96. The van der Waals surface area contributed by atoms with Crippen molar-refractivity contribution in [3.8, 4) is 6.07 Å². The van der Waals surface area contributed by atoms with E-state index >= 15 is 0 Å². The fourth-order valence-electron chi connectivity index (χ4n) is 5.41. The van der Waals surface area contributed by atoms with E-state index in [1.54, 1.807) is 0 Å². The Morgan fingerprint density at radius 1 is 0.792 bits per heavy atom. The van der Waals surface area contributed by atoms with Crippen LogP contribution in [0.25, 0.3) is 0 Å². The van der Waals surface area contributed by atoms with Crippen LogP contribution in [-0.4, -0.2) is 0 Å². The summed E-state index contributed by atoms with van der Waals surface area (Å²) in [5.41, 5.74) is 0.0442. The predicted octanol–water partition coefficient (Wildman–Crippen LogP) is 7.65. The van der Waals surface area contributed by atoms with E-state index in [4.69, 9.17) is 0 Å². The number of nitriles is 1. The fourth-order valence-corrected chi connectivity index (χ4v) is 5.41. The van der Waals surface area contributed by atoms with Gasteiger partial charge in [0.15, 0.2) is 0 Å². The largest absolute Gasteiger partial charge is 0.198 e. The van der Waals surface area contributed by atoms with Gasteiger partial charge < -0.3 is 0 Å². The summed E-state index contributed by atoms with van der Waals surface area (Å²) in [5.74, 6) is 2.95. The SMILES string of the molecule is CCCCCC[C@]1(C#N)CC[C@@H](C2CCC(CCCC)CC2)CC1. The van der Waals surface area contributed by atoms with Crippen molar-refractivity contribution in [1.82, 2.24) is 0 Å². The smallest absolute Gasteiger partial charge is 0.0689 e. The Kier molecular flexibility index (Phi) is 8.65. The Labute approximate surface area is 151 Å². The molecular formula is C23H41N. The molecule has 2 fully saturated rings. The maximum Gasteiger partial charge on any atom is 0.0689 e. The van der Waals surface area contributed by atoms with Crippen molar-refractivity contribution in [2.45, 2.75) is 117 Å². The Hall–Kier alpha value is -0.510. The summed E-state index contributed by atoms with van der Waals surface area (Å²) in [6, 6.07) is 2.75. The molecule has 2 aliphatic carbocycles. The van der Waals surface area contributed by atoms with E-state index in [-0.39, 0.29) is 5.41 Å². The Morgan fingerprint density at radius 3 is 2.00 bits per heavy atom. The lowest BCUT2D eigenvalue weighted by molar-refractivity contribution is 0.114. The van der Waals surface area contributed by atoms with Crippen molar-refractivity contribution in [1.29, 1.82) is 5.26 Å². The Morgan fingerprint density at radius 2 is 1.42 bits per heavy atom. The maximum absolute atomic E-state index is 9.76. The van der Waals surface area contributed by atoms with Gasteiger partial charge in [-0.05, 0) is 62.7 Å². The summed E-state index contributed by atoms with van der Waals surface area (Å²) >= 11 is 0. The minimum Gasteiger partial charge on any atom is -0.198 e. The lowest BCUT2D eigenvalue weighted by Gasteiger charge is -2.41. The van der Waals surface area contributed by atoms with Gasteiger partial charge in [-0.1, -0.05) is 71.6 Å². The van der Waals surface area contributed by atoms with Crippen molar-refractivity contribution in [3.63, 3.8) is 0 Å². The van der Waals surface area contributed by atoms with Gasteiger partial charge in [-0.15, -0.1) is 0 Å². The first-order valence-electron chi connectivity index (χ1n) is 11.1. The normalized spacial score (nSPS) is 34.0. The van der Waals surface area contributed by atoms with Gasteiger partial charge in [-0.2, -0.15) is 5.26 Å². The highest BCUT2D eigenvalue weighted by molar-refractivity contribution is 5.02. The van der Waals surface area contributed by atoms with Gasteiger partial charge in [-0.3, -0.25) is 0 Å². The molecule has 0 saturated heterocycles. The lowest BCUT2D eigenvalue weighted by Crippen LogP contribution is -2.31. The second-order valence-corrected chi connectivity index (χ2v) is 8.96. The molecule has 0 aromatic heterocycles. The summed E-state index contributed by atoms with van der Waals surface area (Å²) in [4.78, 5) is 0. The van der Waals surface area contributed by atoms with E-state index in [9.17, 15) is 5.26 Å². The third-order valence-electron chi connectivity index (χ3n) is 7.26. The molecule has 2 rings (SSSR count). The van der Waals surface area contributed by atoms with Crippen LogP contribution in [0, 0.1) is 34.5 Å². The number of rotatable bonds is 9. The topological polar surface area (TPSA) is 23.8 Å². The molecule has 0 amide bonds. The van der Waals surface area contributed by atoms with E-state index in [1.807, 2.05) is 0 Å². The van der Waals surface area contributed by atoms with E-state index in [0.29, 0.717) is 0 Å². The van der Waals surface area contributed by atoms with Crippen LogP contribution in [0.4, 0.5) is 0 Å². The molecule has 0 aromatic rings. The van der Waals surface area contributed by atoms with Crippen LogP contribution in [0.15, 0.2) is 0 Å². The van der Waals surface area contributed by atoms with Crippen molar-refractivity contribution in [3.05, 3.63) is 0 Å². The first-order chi connectivity index (χ1) is 11.7. The Balaban J connectivity index is 1.71. The van der Waals surface area contributed by atoms with E-state index in [0.717, 1.165) is 17.8 Å². The molecule has 1 nitrogen and oxygen atoms in total. The minimum atomic E-state index is 0.0442. The molecule has 0 aromatic carbocycles. The number of nitrogens with zero attached hydrogens (tertiary/aromatic N) is 1. The molecule has 0 N–H and O–H groups in total. The van der Waals surface area contributed by atoms with Crippen molar-refractivity contribution >= 4 is 0 Å². The average molecular weight is 332 g/mol. The van der Waals surface area contributed by atoms with E-state index in [1.165, 1.54) is 103 Å². The molecule has 0 aliphatic heterocycles. The molecule has 0 heterocycles. The molecule has 0 bridgehead atoms. The van der Waals surface area contributed by atoms with Crippen LogP contribution < -0.4 is 0 Å². The first kappa shape index (κ1) is 19.8. The van der Waals surface area contributed by atoms with Crippen molar-refractivity contribution in [2.75, 3.05) is 0 Å². The molecule has 24 heavy (non-hydrogen) atoms. The minimum absolute atomic E-state index is 0.0442. The van der Waals surface area contributed by atoms with Crippen molar-refractivity contribution in [2.24, 2.45) is 23.2 Å². The summed E-state index contributed by atoms with van der Waals surface area (Å²) < 4.78 is 0. The summed E-state index contributed by atoms with van der Waals surface area (Å²) in [6.45, 7) is 4.58. The van der Waals surface area contributed by atoms with Gasteiger partial charge in [0.1, 0.15) is 0 Å². The van der Waals surface area contributed by atoms with E-state index < -0.39 is 0 Å². The van der Waals surface area contributed by atoms with Crippen LogP contribution in [0.5, 0.6) is 0 Å². The monoisotopic (exact) mass is 331 g/mol. The summed E-state index contributed by atoms with van der Waals surface area (Å²) in [5, 5.41) is 9.76. The number of hydrogen-bond donors (Lipinski definition) is 0. The van der Waals surface area contributed by atoms with Gasteiger partial charge >= 0.3 is 0 Å². The molecule has 138 valence electrons. The number of hydrogen-bond acceptors (Lipinski definition) is 1. The standard InChI is InChI=1S/C23H41N/c1-3-5-7-8-16-23(19-24)17-14-22(15-18-23)21-12-10-20(11-13-21)9-6-4-2/h20-22H,3-18H2,1-2H3/t20?,21?,22-,23+. The molecule has 0 spiro atoms. The summed E-state index contributed by atoms with van der Waals surface area (Å²) in [6.07, 6.45) is 21.7. The van der Waals surface area contributed by atoms with Crippen LogP contribution in [0.3, 0.4) is 0 Å². The molecular weight excluding hydrogens is 290 g/mol. The van der Waals surface area contributed by atoms with Gasteiger partial charge in [0.05, 0.1) is 11.5 Å². The highest BCUT2D eigenvalue weighted by atomic mass is 14.4. The van der Waals surface area contributed by atoms with Gasteiger partial charge in [0.2, 0.25) is 0 Å².